The van der Waals surface area contributed by atoms with Crippen LogP contribution in [-0.2, 0) is 4.79 Å². The molecule has 3 aromatic carbocycles. The second-order valence-corrected chi connectivity index (χ2v) is 8.59. The van der Waals surface area contributed by atoms with E-state index in [0.29, 0.717) is 29.5 Å². The molecule has 0 radical (unpaired) electrons. The molecular formula is C25H21ClF5N3O2. The number of hydrogen-bond donors (Lipinski definition) is 1. The quantitative estimate of drug-likeness (QED) is 0.255. The lowest BCUT2D eigenvalue weighted by molar-refractivity contribution is -0.118. The molecule has 0 saturated carbocycles. The van der Waals surface area contributed by atoms with Crippen molar-refractivity contribution in [3.05, 3.63) is 82.1 Å². The Morgan fingerprint density at radius 1 is 0.861 bits per heavy atom. The topological polar surface area (TPSA) is 44.8 Å². The van der Waals surface area contributed by atoms with Gasteiger partial charge in [0.25, 0.3) is 5.91 Å². The number of anilines is 3. The van der Waals surface area contributed by atoms with Gasteiger partial charge in [0.1, 0.15) is 11.4 Å². The summed E-state index contributed by atoms with van der Waals surface area (Å²) in [6, 6.07) is 12.0. The van der Waals surface area contributed by atoms with Gasteiger partial charge in [-0.3, -0.25) is 4.79 Å². The Hall–Kier alpha value is -3.53. The number of nitrogens with zero attached hydrogens (tertiary/aromatic N) is 2. The number of amides is 1. The zero-order valence-corrected chi connectivity index (χ0v) is 19.8. The minimum Gasteiger partial charge on any atom is -0.484 e. The van der Waals surface area contributed by atoms with Crippen LogP contribution in [0.4, 0.5) is 39.0 Å². The van der Waals surface area contributed by atoms with Crippen molar-refractivity contribution in [2.24, 2.45) is 0 Å². The van der Waals surface area contributed by atoms with Gasteiger partial charge in [0, 0.05) is 42.6 Å². The van der Waals surface area contributed by atoms with Crippen LogP contribution in [0.1, 0.15) is 5.56 Å². The second-order valence-electron chi connectivity index (χ2n) is 8.19. The van der Waals surface area contributed by atoms with Crippen LogP contribution in [0, 0.1) is 36.0 Å². The van der Waals surface area contributed by atoms with Crippen LogP contribution in [-0.4, -0.2) is 38.7 Å². The maximum Gasteiger partial charge on any atom is 0.262 e. The lowest BCUT2D eigenvalue weighted by Crippen LogP contribution is -2.47. The van der Waals surface area contributed by atoms with E-state index in [9.17, 15) is 26.7 Å². The third-order valence-corrected chi connectivity index (χ3v) is 6.22. The number of ether oxygens (including phenoxy) is 1. The van der Waals surface area contributed by atoms with Gasteiger partial charge in [-0.15, -0.1) is 0 Å². The minimum atomic E-state index is -2.17. The van der Waals surface area contributed by atoms with E-state index in [4.69, 9.17) is 16.3 Å². The van der Waals surface area contributed by atoms with Gasteiger partial charge in [-0.25, -0.2) is 22.0 Å². The summed E-state index contributed by atoms with van der Waals surface area (Å²) in [5.74, 6) is -9.61. The normalized spacial score (nSPS) is 13.6. The van der Waals surface area contributed by atoms with Gasteiger partial charge in [0.15, 0.2) is 29.9 Å². The molecule has 0 bridgehead atoms. The van der Waals surface area contributed by atoms with Gasteiger partial charge >= 0.3 is 0 Å². The molecule has 190 valence electrons. The van der Waals surface area contributed by atoms with E-state index in [2.05, 4.69) is 5.32 Å². The SMILES string of the molecule is Cc1cc(OCC(=O)Nc2ccc(N3CCN(c4c(F)c(F)c(F)c(F)c4F)CC3)cc2)ccc1Cl. The largest absolute Gasteiger partial charge is 0.484 e. The Morgan fingerprint density at radius 2 is 1.42 bits per heavy atom. The highest BCUT2D eigenvalue weighted by Crippen LogP contribution is 2.31. The molecule has 1 N–H and O–H groups in total. The smallest absolute Gasteiger partial charge is 0.262 e. The molecule has 1 aliphatic heterocycles. The predicted molar refractivity (Wildman–Crippen MR) is 127 cm³/mol. The lowest BCUT2D eigenvalue weighted by atomic mass is 10.2. The predicted octanol–water partition coefficient (Wildman–Crippen LogP) is 5.69. The summed E-state index contributed by atoms with van der Waals surface area (Å²) in [5.41, 5.74) is 1.23. The highest BCUT2D eigenvalue weighted by molar-refractivity contribution is 6.31. The maximum absolute atomic E-state index is 14.1. The zero-order chi connectivity index (χ0) is 26.0. The molecule has 1 heterocycles. The van der Waals surface area contributed by atoms with Crippen LogP contribution in [0.15, 0.2) is 42.5 Å². The Balaban J connectivity index is 1.32. The molecule has 0 unspecified atom stereocenters. The first-order chi connectivity index (χ1) is 17.2. The van der Waals surface area contributed by atoms with Crippen LogP contribution in [0.2, 0.25) is 5.02 Å². The lowest BCUT2D eigenvalue weighted by Gasteiger charge is -2.37. The van der Waals surface area contributed by atoms with Gasteiger partial charge < -0.3 is 19.9 Å². The number of halogens is 6. The second kappa shape index (κ2) is 10.6. The molecule has 1 aliphatic rings. The molecule has 0 aromatic heterocycles. The number of benzene rings is 3. The Morgan fingerprint density at radius 3 is 2.00 bits per heavy atom. The maximum atomic E-state index is 14.1. The third kappa shape index (κ3) is 5.33. The molecule has 0 spiro atoms. The summed E-state index contributed by atoms with van der Waals surface area (Å²) in [7, 11) is 0. The summed E-state index contributed by atoms with van der Waals surface area (Å²) in [6.07, 6.45) is 0. The van der Waals surface area contributed by atoms with E-state index in [0.717, 1.165) is 16.2 Å². The molecule has 3 aromatic rings. The van der Waals surface area contributed by atoms with E-state index in [1.54, 1.807) is 42.5 Å². The molecule has 11 heteroatoms. The Labute approximate surface area is 209 Å². The van der Waals surface area contributed by atoms with Crippen molar-refractivity contribution < 1.29 is 31.5 Å². The van der Waals surface area contributed by atoms with Gasteiger partial charge in [-0.05, 0) is 55.0 Å². The average Bonchev–Trinajstić information content (AvgIpc) is 2.88. The fourth-order valence-corrected chi connectivity index (χ4v) is 3.99. The van der Waals surface area contributed by atoms with Crippen molar-refractivity contribution in [3.63, 3.8) is 0 Å². The molecule has 1 amide bonds. The first kappa shape index (κ1) is 25.6. The van der Waals surface area contributed by atoms with Crippen molar-refractivity contribution in [1.29, 1.82) is 0 Å². The average molecular weight is 526 g/mol. The van der Waals surface area contributed by atoms with Gasteiger partial charge in [-0.1, -0.05) is 11.6 Å². The van der Waals surface area contributed by atoms with E-state index in [1.165, 1.54) is 0 Å². The Kier molecular flexibility index (Phi) is 7.53. The summed E-state index contributed by atoms with van der Waals surface area (Å²) in [6.45, 7) is 2.33. The van der Waals surface area contributed by atoms with Crippen LogP contribution in [0.5, 0.6) is 5.75 Å². The monoisotopic (exact) mass is 525 g/mol. The molecule has 0 atom stereocenters. The highest BCUT2D eigenvalue weighted by atomic mass is 35.5. The number of hydrogen-bond acceptors (Lipinski definition) is 4. The summed E-state index contributed by atoms with van der Waals surface area (Å²) in [5, 5.41) is 3.33. The van der Waals surface area contributed by atoms with E-state index in [1.807, 2.05) is 11.8 Å². The van der Waals surface area contributed by atoms with Crippen molar-refractivity contribution in [3.8, 4) is 5.75 Å². The van der Waals surface area contributed by atoms with Gasteiger partial charge in [0.05, 0.1) is 0 Å². The number of nitrogens with one attached hydrogen (secondary N) is 1. The fraction of sp³-hybridized carbons (Fsp3) is 0.240. The molecular weight excluding hydrogens is 505 g/mol. The van der Waals surface area contributed by atoms with Crippen molar-refractivity contribution >= 4 is 34.6 Å². The molecule has 4 rings (SSSR count). The highest BCUT2D eigenvalue weighted by Gasteiger charge is 2.30. The number of aryl methyl sites for hydroxylation is 1. The molecule has 5 nitrogen and oxygen atoms in total. The standard InChI is InChI=1S/C25H21ClF5N3O2/c1-14-12-17(6-7-18(14)26)36-13-19(35)32-15-2-4-16(5-3-15)33-8-10-34(11-9-33)25-23(30)21(28)20(27)22(29)24(25)31/h2-7,12H,8-11,13H2,1H3,(H,32,35). The van der Waals surface area contributed by atoms with Crippen LogP contribution in [0.25, 0.3) is 0 Å². The first-order valence-corrected chi connectivity index (χ1v) is 11.3. The van der Waals surface area contributed by atoms with Crippen molar-refractivity contribution in [2.45, 2.75) is 6.92 Å². The van der Waals surface area contributed by atoms with Crippen molar-refractivity contribution in [1.82, 2.24) is 0 Å². The summed E-state index contributed by atoms with van der Waals surface area (Å²) in [4.78, 5) is 15.2. The first-order valence-electron chi connectivity index (χ1n) is 11.0. The fourth-order valence-electron chi connectivity index (χ4n) is 3.87. The molecule has 1 fully saturated rings. The number of carbonyl (C=O) groups is 1. The third-order valence-electron chi connectivity index (χ3n) is 5.80. The van der Waals surface area contributed by atoms with E-state index < -0.39 is 34.8 Å². The Bertz CT molecular complexity index is 1250. The molecule has 0 aliphatic carbocycles. The van der Waals surface area contributed by atoms with Gasteiger partial charge in [-0.2, -0.15) is 0 Å². The van der Waals surface area contributed by atoms with Crippen LogP contribution in [0.3, 0.4) is 0 Å². The van der Waals surface area contributed by atoms with Crippen LogP contribution < -0.4 is 19.9 Å². The van der Waals surface area contributed by atoms with E-state index in [-0.39, 0.29) is 25.6 Å². The zero-order valence-electron chi connectivity index (χ0n) is 19.1. The molecule has 1 saturated heterocycles. The van der Waals surface area contributed by atoms with E-state index >= 15 is 0 Å². The minimum absolute atomic E-state index is 0.0539. The molecule has 36 heavy (non-hydrogen) atoms. The number of carbonyl (C=O) groups excluding carboxylic acids is 1. The number of piperazine rings is 1. The van der Waals surface area contributed by atoms with Gasteiger partial charge in [0.2, 0.25) is 5.82 Å². The van der Waals surface area contributed by atoms with Crippen molar-refractivity contribution in [2.75, 3.05) is 47.9 Å². The summed E-state index contributed by atoms with van der Waals surface area (Å²) < 4.78 is 74.1. The number of rotatable bonds is 6. The summed E-state index contributed by atoms with van der Waals surface area (Å²) >= 11 is 5.97. The van der Waals surface area contributed by atoms with Crippen LogP contribution >= 0.6 is 11.6 Å².